The molecule has 0 aliphatic heterocycles. The van der Waals surface area contributed by atoms with E-state index in [0.717, 1.165) is 29.8 Å². The van der Waals surface area contributed by atoms with E-state index in [1.807, 2.05) is 18.2 Å². The number of aryl methyl sites for hydroxylation is 1. The number of carbonyl (C=O) groups is 1. The zero-order chi connectivity index (χ0) is 16.9. The molecule has 0 saturated heterocycles. The van der Waals surface area contributed by atoms with Gasteiger partial charge in [0.25, 0.3) is 5.91 Å². The first-order valence-electron chi connectivity index (χ1n) is 8.27. The number of imidazole rings is 1. The average Bonchev–Trinajstić information content (AvgIpc) is 2.96. The highest BCUT2D eigenvalue weighted by Crippen LogP contribution is 2.18. The lowest BCUT2D eigenvalue weighted by Gasteiger charge is -2.11. The lowest BCUT2D eigenvalue weighted by molar-refractivity contribution is 0.0949. The molecule has 5 heteroatoms. The van der Waals surface area contributed by atoms with Gasteiger partial charge in [-0.25, -0.2) is 4.98 Å². The number of aromatic nitrogens is 3. The Bertz CT molecular complexity index is 824. The number of hydrogen-bond donors (Lipinski definition) is 1. The van der Waals surface area contributed by atoms with Crippen LogP contribution in [0.5, 0.6) is 0 Å². The SMILES string of the molecule is CC(C)CCn1c(CNC(=O)c2cccnc2)nc2ccccc21. The van der Waals surface area contributed by atoms with Crippen LogP contribution in [0, 0.1) is 5.92 Å². The minimum atomic E-state index is -0.134. The van der Waals surface area contributed by atoms with Crippen LogP contribution in [0.1, 0.15) is 36.5 Å². The summed E-state index contributed by atoms with van der Waals surface area (Å²) in [6, 6.07) is 11.6. The molecule has 0 aliphatic rings. The zero-order valence-corrected chi connectivity index (χ0v) is 14.1. The summed E-state index contributed by atoms with van der Waals surface area (Å²) in [5.74, 6) is 1.36. The molecule has 0 radical (unpaired) electrons. The first kappa shape index (κ1) is 16.2. The Morgan fingerprint density at radius 3 is 2.79 bits per heavy atom. The van der Waals surface area contributed by atoms with E-state index < -0.39 is 0 Å². The third kappa shape index (κ3) is 3.62. The fourth-order valence-electron chi connectivity index (χ4n) is 2.66. The van der Waals surface area contributed by atoms with Crippen LogP contribution in [-0.4, -0.2) is 20.4 Å². The van der Waals surface area contributed by atoms with Crippen molar-refractivity contribution in [3.8, 4) is 0 Å². The predicted octanol–water partition coefficient (Wildman–Crippen LogP) is 3.41. The molecule has 3 aromatic rings. The number of nitrogens with zero attached hydrogens (tertiary/aromatic N) is 3. The molecule has 1 N–H and O–H groups in total. The number of nitrogens with one attached hydrogen (secondary N) is 1. The quantitative estimate of drug-likeness (QED) is 0.756. The number of fused-ring (bicyclic) bond motifs is 1. The molecule has 1 amide bonds. The van der Waals surface area contributed by atoms with Gasteiger partial charge in [0.05, 0.1) is 23.1 Å². The Morgan fingerprint density at radius 1 is 1.21 bits per heavy atom. The first-order chi connectivity index (χ1) is 11.6. The van der Waals surface area contributed by atoms with Crippen LogP contribution in [0.25, 0.3) is 11.0 Å². The number of amides is 1. The van der Waals surface area contributed by atoms with E-state index in [1.54, 1.807) is 24.5 Å². The van der Waals surface area contributed by atoms with Crippen molar-refractivity contribution >= 4 is 16.9 Å². The van der Waals surface area contributed by atoms with Gasteiger partial charge in [-0.1, -0.05) is 26.0 Å². The van der Waals surface area contributed by atoms with Crippen molar-refractivity contribution in [2.24, 2.45) is 5.92 Å². The monoisotopic (exact) mass is 322 g/mol. The molecule has 24 heavy (non-hydrogen) atoms. The van der Waals surface area contributed by atoms with E-state index in [1.165, 1.54) is 0 Å². The van der Waals surface area contributed by atoms with Crippen molar-refractivity contribution in [2.75, 3.05) is 0 Å². The Hall–Kier alpha value is -2.69. The van der Waals surface area contributed by atoms with Gasteiger partial charge >= 0.3 is 0 Å². The van der Waals surface area contributed by atoms with E-state index in [2.05, 4.69) is 39.8 Å². The molecule has 124 valence electrons. The molecule has 0 saturated carbocycles. The number of pyridine rings is 1. The minimum Gasteiger partial charge on any atom is -0.345 e. The van der Waals surface area contributed by atoms with Crippen LogP contribution in [0.15, 0.2) is 48.8 Å². The third-order valence-electron chi connectivity index (χ3n) is 3.99. The van der Waals surface area contributed by atoms with Gasteiger partial charge < -0.3 is 9.88 Å². The van der Waals surface area contributed by atoms with E-state index in [9.17, 15) is 4.79 Å². The molecule has 0 aliphatic carbocycles. The van der Waals surface area contributed by atoms with Crippen molar-refractivity contribution in [1.29, 1.82) is 0 Å². The van der Waals surface area contributed by atoms with Gasteiger partial charge in [-0.2, -0.15) is 0 Å². The van der Waals surface area contributed by atoms with Crippen LogP contribution >= 0.6 is 0 Å². The fourth-order valence-corrected chi connectivity index (χ4v) is 2.66. The van der Waals surface area contributed by atoms with Crippen molar-refractivity contribution in [3.05, 3.63) is 60.2 Å². The maximum Gasteiger partial charge on any atom is 0.253 e. The van der Waals surface area contributed by atoms with Crippen molar-refractivity contribution in [2.45, 2.75) is 33.4 Å². The van der Waals surface area contributed by atoms with E-state index >= 15 is 0 Å². The van der Waals surface area contributed by atoms with Gasteiger partial charge in [0, 0.05) is 18.9 Å². The summed E-state index contributed by atoms with van der Waals surface area (Å²) in [6.45, 7) is 5.72. The van der Waals surface area contributed by atoms with E-state index in [0.29, 0.717) is 18.0 Å². The molecule has 0 bridgehead atoms. The van der Waals surface area contributed by atoms with Gasteiger partial charge in [-0.15, -0.1) is 0 Å². The van der Waals surface area contributed by atoms with Crippen LogP contribution in [0.4, 0.5) is 0 Å². The Labute approximate surface area is 141 Å². The summed E-state index contributed by atoms with van der Waals surface area (Å²) in [7, 11) is 0. The molecule has 2 heterocycles. The number of benzene rings is 1. The second kappa shape index (κ2) is 7.25. The number of carbonyl (C=O) groups excluding carboxylic acids is 1. The van der Waals surface area contributed by atoms with E-state index in [-0.39, 0.29) is 5.91 Å². The lowest BCUT2D eigenvalue weighted by atomic mass is 10.1. The van der Waals surface area contributed by atoms with Gasteiger partial charge in [-0.05, 0) is 36.6 Å². The van der Waals surface area contributed by atoms with Crippen LogP contribution < -0.4 is 5.32 Å². The maximum absolute atomic E-state index is 12.2. The van der Waals surface area contributed by atoms with Gasteiger partial charge in [-0.3, -0.25) is 9.78 Å². The summed E-state index contributed by atoms with van der Waals surface area (Å²) in [5, 5.41) is 2.94. The van der Waals surface area contributed by atoms with E-state index in [4.69, 9.17) is 0 Å². The minimum absolute atomic E-state index is 0.134. The molecule has 1 aromatic carbocycles. The normalized spacial score (nSPS) is 11.1. The molecular formula is C19H22N4O. The predicted molar refractivity (Wildman–Crippen MR) is 94.6 cm³/mol. The summed E-state index contributed by atoms with van der Waals surface area (Å²) in [5.41, 5.74) is 2.64. The highest BCUT2D eigenvalue weighted by atomic mass is 16.1. The molecule has 3 rings (SSSR count). The lowest BCUT2D eigenvalue weighted by Crippen LogP contribution is -2.25. The van der Waals surface area contributed by atoms with Crippen LogP contribution in [0.3, 0.4) is 0 Å². The summed E-state index contributed by atoms with van der Waals surface area (Å²) in [4.78, 5) is 20.9. The number of para-hydroxylation sites is 2. The number of hydrogen-bond acceptors (Lipinski definition) is 3. The largest absolute Gasteiger partial charge is 0.345 e. The average molecular weight is 322 g/mol. The topological polar surface area (TPSA) is 59.8 Å². The highest BCUT2D eigenvalue weighted by Gasteiger charge is 2.12. The third-order valence-corrected chi connectivity index (χ3v) is 3.99. The van der Waals surface area contributed by atoms with Gasteiger partial charge in [0.1, 0.15) is 5.82 Å². The summed E-state index contributed by atoms with van der Waals surface area (Å²) >= 11 is 0. The van der Waals surface area contributed by atoms with Crippen molar-refractivity contribution in [3.63, 3.8) is 0 Å². The molecule has 0 atom stereocenters. The Balaban J connectivity index is 1.80. The number of rotatable bonds is 6. The highest BCUT2D eigenvalue weighted by molar-refractivity contribution is 5.93. The summed E-state index contributed by atoms with van der Waals surface area (Å²) in [6.07, 6.45) is 4.29. The molecular weight excluding hydrogens is 300 g/mol. The first-order valence-corrected chi connectivity index (χ1v) is 8.27. The Kier molecular flexibility index (Phi) is 4.89. The molecule has 0 unspecified atom stereocenters. The smallest absolute Gasteiger partial charge is 0.253 e. The molecule has 0 spiro atoms. The molecule has 5 nitrogen and oxygen atoms in total. The fraction of sp³-hybridized carbons (Fsp3) is 0.316. The van der Waals surface area contributed by atoms with Crippen molar-refractivity contribution in [1.82, 2.24) is 19.9 Å². The van der Waals surface area contributed by atoms with Crippen LogP contribution in [0.2, 0.25) is 0 Å². The molecule has 0 fully saturated rings. The Morgan fingerprint density at radius 2 is 2.04 bits per heavy atom. The standard InChI is InChI=1S/C19H22N4O/c1-14(2)9-11-23-17-8-4-3-7-16(17)22-18(23)13-21-19(24)15-6-5-10-20-12-15/h3-8,10,12,14H,9,11,13H2,1-2H3,(H,21,24). The second-order valence-electron chi connectivity index (χ2n) is 6.28. The molecule has 2 aromatic heterocycles. The van der Waals surface area contributed by atoms with Gasteiger partial charge in [0.2, 0.25) is 0 Å². The second-order valence-corrected chi connectivity index (χ2v) is 6.28. The van der Waals surface area contributed by atoms with Gasteiger partial charge in [0.15, 0.2) is 0 Å². The zero-order valence-electron chi connectivity index (χ0n) is 14.1. The maximum atomic E-state index is 12.2. The van der Waals surface area contributed by atoms with Crippen LogP contribution in [-0.2, 0) is 13.1 Å². The summed E-state index contributed by atoms with van der Waals surface area (Å²) < 4.78 is 2.21. The van der Waals surface area contributed by atoms with Crippen molar-refractivity contribution < 1.29 is 4.79 Å².